The number of nitrogens with one attached hydrogen (secondary N) is 1. The molecule has 0 aromatic rings. The van der Waals surface area contributed by atoms with Crippen molar-refractivity contribution in [3.8, 4) is 0 Å². The van der Waals surface area contributed by atoms with E-state index in [1.165, 1.54) is 37.0 Å². The Morgan fingerprint density at radius 2 is 1.73 bits per heavy atom. The number of unbranched alkanes of at least 4 members (excludes halogenated alkanes) is 1. The Bertz CT molecular complexity index is 535. The Kier molecular flexibility index (Phi) is 21.0. The van der Waals surface area contributed by atoms with Crippen molar-refractivity contribution in [1.29, 1.82) is 0 Å². The number of Topliss-reactive ketones (excluding diaryl/α,β-unsaturated/α-hetero) is 1. The molecule has 3 nitrogen and oxygen atoms in total. The number of hydrogen-bond acceptors (Lipinski definition) is 3. The third-order valence-corrected chi connectivity index (χ3v) is 5.25. The normalized spacial score (nSPS) is 14.5. The molecule has 30 heavy (non-hydrogen) atoms. The van der Waals surface area contributed by atoms with Crippen LogP contribution in [-0.4, -0.2) is 25.1 Å². The fourth-order valence-corrected chi connectivity index (χ4v) is 3.25. The van der Waals surface area contributed by atoms with Crippen LogP contribution in [0.5, 0.6) is 0 Å². The van der Waals surface area contributed by atoms with Crippen molar-refractivity contribution in [3.63, 3.8) is 0 Å². The van der Waals surface area contributed by atoms with Crippen LogP contribution in [0.3, 0.4) is 0 Å². The molecule has 0 amide bonds. The lowest BCUT2D eigenvalue weighted by atomic mass is 9.89. The van der Waals surface area contributed by atoms with Crippen molar-refractivity contribution in [3.05, 3.63) is 36.1 Å². The SMILES string of the molecule is C=CC=CC(C)/C(C(CCC(C)=O)=NC)=C(\CCC)NCC.CCCCC(C)CC. The summed E-state index contributed by atoms with van der Waals surface area (Å²) in [6, 6.07) is 0. The molecule has 0 aliphatic heterocycles. The van der Waals surface area contributed by atoms with Gasteiger partial charge in [0.05, 0.1) is 0 Å². The molecular formula is C27H50N2O. The van der Waals surface area contributed by atoms with Crippen molar-refractivity contribution in [2.75, 3.05) is 13.6 Å². The first-order chi connectivity index (χ1) is 14.3. The van der Waals surface area contributed by atoms with E-state index in [0.717, 1.165) is 31.0 Å². The monoisotopic (exact) mass is 418 g/mol. The maximum atomic E-state index is 11.3. The first-order valence-corrected chi connectivity index (χ1v) is 12.0. The van der Waals surface area contributed by atoms with E-state index in [9.17, 15) is 4.79 Å². The van der Waals surface area contributed by atoms with Gasteiger partial charge in [0.25, 0.3) is 0 Å². The summed E-state index contributed by atoms with van der Waals surface area (Å²) in [5, 5.41) is 3.50. The molecule has 0 spiro atoms. The van der Waals surface area contributed by atoms with Crippen LogP contribution in [0.4, 0.5) is 0 Å². The number of allylic oxidation sites excluding steroid dienone is 5. The summed E-state index contributed by atoms with van der Waals surface area (Å²) in [7, 11) is 1.81. The molecule has 2 atom stereocenters. The molecule has 3 heteroatoms. The lowest BCUT2D eigenvalue weighted by molar-refractivity contribution is -0.116. The highest BCUT2D eigenvalue weighted by molar-refractivity contribution is 6.02. The third kappa shape index (κ3) is 15.2. The van der Waals surface area contributed by atoms with Gasteiger partial charge in [0, 0.05) is 37.3 Å². The van der Waals surface area contributed by atoms with Crippen LogP contribution in [0.1, 0.15) is 99.8 Å². The van der Waals surface area contributed by atoms with E-state index in [2.05, 4.69) is 64.5 Å². The minimum Gasteiger partial charge on any atom is -0.388 e. The number of carbonyl (C=O) groups is 1. The summed E-state index contributed by atoms with van der Waals surface area (Å²) in [6.07, 6.45) is 14.7. The average Bonchev–Trinajstić information content (AvgIpc) is 2.73. The maximum absolute atomic E-state index is 11.3. The van der Waals surface area contributed by atoms with Crippen LogP contribution in [0.25, 0.3) is 0 Å². The minimum atomic E-state index is 0.204. The van der Waals surface area contributed by atoms with Crippen LogP contribution in [0, 0.1) is 11.8 Å². The first kappa shape index (κ1) is 30.6. The molecule has 0 saturated carbocycles. The largest absolute Gasteiger partial charge is 0.388 e. The molecule has 2 unspecified atom stereocenters. The number of carbonyl (C=O) groups excluding carboxylic acids is 1. The Hall–Kier alpha value is -1.64. The lowest BCUT2D eigenvalue weighted by Gasteiger charge is -2.21. The van der Waals surface area contributed by atoms with Gasteiger partial charge in [-0.2, -0.15) is 0 Å². The Morgan fingerprint density at radius 3 is 2.17 bits per heavy atom. The van der Waals surface area contributed by atoms with Crippen LogP contribution >= 0.6 is 0 Å². The van der Waals surface area contributed by atoms with Gasteiger partial charge >= 0.3 is 0 Å². The van der Waals surface area contributed by atoms with E-state index >= 15 is 0 Å². The van der Waals surface area contributed by atoms with Gasteiger partial charge in [-0.3, -0.25) is 4.99 Å². The van der Waals surface area contributed by atoms with Crippen LogP contribution in [0.15, 0.2) is 41.1 Å². The summed E-state index contributed by atoms with van der Waals surface area (Å²) in [5.41, 5.74) is 3.50. The van der Waals surface area contributed by atoms with E-state index in [4.69, 9.17) is 0 Å². The summed E-state index contributed by atoms with van der Waals surface area (Å²) in [6.45, 7) is 19.6. The number of aliphatic imine (C=N–C) groups is 1. The van der Waals surface area contributed by atoms with E-state index in [0.29, 0.717) is 12.8 Å². The van der Waals surface area contributed by atoms with Gasteiger partial charge in [-0.25, -0.2) is 0 Å². The van der Waals surface area contributed by atoms with Crippen LogP contribution in [0.2, 0.25) is 0 Å². The number of rotatable bonds is 15. The Balaban J connectivity index is 0. The molecule has 0 bridgehead atoms. The molecule has 0 aromatic heterocycles. The van der Waals surface area contributed by atoms with E-state index in [1.807, 2.05) is 13.1 Å². The second kappa shape index (κ2) is 20.6. The van der Waals surface area contributed by atoms with Gasteiger partial charge in [-0.15, -0.1) is 0 Å². The van der Waals surface area contributed by atoms with Gasteiger partial charge in [0.1, 0.15) is 5.78 Å². The smallest absolute Gasteiger partial charge is 0.130 e. The molecule has 0 aliphatic carbocycles. The molecule has 1 N–H and O–H groups in total. The van der Waals surface area contributed by atoms with Crippen molar-refractivity contribution in [2.24, 2.45) is 16.8 Å². The molecule has 0 saturated heterocycles. The summed E-state index contributed by atoms with van der Waals surface area (Å²) < 4.78 is 0. The molecular weight excluding hydrogens is 368 g/mol. The van der Waals surface area contributed by atoms with E-state index in [1.54, 1.807) is 13.0 Å². The molecule has 0 aromatic carbocycles. The van der Waals surface area contributed by atoms with Crippen molar-refractivity contribution in [2.45, 2.75) is 99.8 Å². The summed E-state index contributed by atoms with van der Waals surface area (Å²) in [5.74, 6) is 1.40. The average molecular weight is 419 g/mol. The van der Waals surface area contributed by atoms with E-state index < -0.39 is 0 Å². The highest BCUT2D eigenvalue weighted by Crippen LogP contribution is 2.23. The maximum Gasteiger partial charge on any atom is 0.130 e. The quantitative estimate of drug-likeness (QED) is 0.219. The summed E-state index contributed by atoms with van der Waals surface area (Å²) in [4.78, 5) is 15.8. The van der Waals surface area contributed by atoms with E-state index in [-0.39, 0.29) is 11.7 Å². The Morgan fingerprint density at radius 1 is 1.07 bits per heavy atom. The predicted molar refractivity (Wildman–Crippen MR) is 136 cm³/mol. The zero-order valence-electron chi connectivity index (χ0n) is 21.3. The van der Waals surface area contributed by atoms with Crippen molar-refractivity contribution < 1.29 is 4.79 Å². The molecule has 0 aliphatic rings. The van der Waals surface area contributed by atoms with Crippen molar-refractivity contribution >= 4 is 11.5 Å². The minimum absolute atomic E-state index is 0.204. The van der Waals surface area contributed by atoms with Crippen molar-refractivity contribution in [1.82, 2.24) is 5.32 Å². The zero-order valence-corrected chi connectivity index (χ0v) is 21.3. The Labute approximate surface area is 188 Å². The fraction of sp³-hybridized carbons (Fsp3) is 0.704. The van der Waals surface area contributed by atoms with Gasteiger partial charge in [0.15, 0.2) is 0 Å². The first-order valence-electron chi connectivity index (χ1n) is 12.0. The number of hydrogen-bond donors (Lipinski definition) is 1. The second-order valence-electron chi connectivity index (χ2n) is 8.11. The number of ketones is 1. The molecule has 174 valence electrons. The standard InChI is InChI=1S/C19H32N2O.C8H18/c1-7-10-12-15(4)19(18(11-8-2)21-9-3)17(20-6)14-13-16(5)22;1-4-6-7-8(3)5-2/h7,10,12,15,21H,1,8-9,11,13-14H2,2-6H3;8H,4-7H2,1-3H3/b12-10?,19-18-,20-17?;. The molecule has 0 rings (SSSR count). The highest BCUT2D eigenvalue weighted by atomic mass is 16.1. The summed E-state index contributed by atoms with van der Waals surface area (Å²) >= 11 is 0. The van der Waals surface area contributed by atoms with Gasteiger partial charge in [-0.05, 0) is 38.2 Å². The topological polar surface area (TPSA) is 41.5 Å². The number of nitrogens with zero attached hydrogens (tertiary/aromatic N) is 1. The van der Waals surface area contributed by atoms with Gasteiger partial charge in [0.2, 0.25) is 0 Å². The zero-order chi connectivity index (χ0) is 23.4. The molecule has 0 heterocycles. The highest BCUT2D eigenvalue weighted by Gasteiger charge is 2.18. The van der Waals surface area contributed by atoms with Crippen LogP contribution in [-0.2, 0) is 4.79 Å². The van der Waals surface area contributed by atoms with Crippen LogP contribution < -0.4 is 5.32 Å². The lowest BCUT2D eigenvalue weighted by Crippen LogP contribution is -2.22. The fourth-order valence-electron chi connectivity index (χ4n) is 3.25. The van der Waals surface area contributed by atoms with Gasteiger partial charge in [-0.1, -0.05) is 91.5 Å². The van der Waals surface area contributed by atoms with Gasteiger partial charge < -0.3 is 10.1 Å². The molecule has 0 fully saturated rings. The third-order valence-electron chi connectivity index (χ3n) is 5.25. The second-order valence-corrected chi connectivity index (χ2v) is 8.11. The predicted octanol–water partition coefficient (Wildman–Crippen LogP) is 7.69. The molecule has 0 radical (unpaired) electrons.